The summed E-state index contributed by atoms with van der Waals surface area (Å²) in [5.74, 6) is 0. The number of aliphatic hydroxyl groups excluding tert-OH is 1. The molecule has 0 radical (unpaired) electrons. The molecule has 0 aromatic heterocycles. The van der Waals surface area contributed by atoms with Crippen molar-refractivity contribution in [2.75, 3.05) is 11.9 Å². The minimum atomic E-state index is -0.595. The summed E-state index contributed by atoms with van der Waals surface area (Å²) < 4.78 is 0. The van der Waals surface area contributed by atoms with Crippen molar-refractivity contribution >= 4 is 11.7 Å². The van der Waals surface area contributed by atoms with E-state index in [4.69, 9.17) is 0 Å². The highest BCUT2D eigenvalue weighted by molar-refractivity contribution is 5.90. The molecule has 1 atom stereocenters. The normalized spacial score (nSPS) is 11.9. The molecule has 0 aliphatic heterocycles. The fraction of sp³-hybridized carbons (Fsp3) is 0.462. The molecule has 0 saturated heterocycles. The average molecular weight is 236 g/mol. The van der Waals surface area contributed by atoms with Gasteiger partial charge in [0.1, 0.15) is 0 Å². The van der Waals surface area contributed by atoms with Crippen LogP contribution < -0.4 is 10.6 Å². The van der Waals surface area contributed by atoms with Crippen molar-refractivity contribution in [1.82, 2.24) is 5.32 Å². The molecule has 0 bridgehead atoms. The second-order valence-corrected chi connectivity index (χ2v) is 4.00. The van der Waals surface area contributed by atoms with Gasteiger partial charge in [-0.25, -0.2) is 4.79 Å². The number of carbonyl (C=O) groups is 1. The molecule has 1 aromatic carbocycles. The van der Waals surface area contributed by atoms with E-state index in [-0.39, 0.29) is 6.03 Å². The number of benzene rings is 1. The maximum absolute atomic E-state index is 11.6. The van der Waals surface area contributed by atoms with Crippen LogP contribution in [-0.2, 0) is 0 Å². The first kappa shape index (κ1) is 13.5. The largest absolute Gasteiger partial charge is 0.389 e. The van der Waals surface area contributed by atoms with Crippen molar-refractivity contribution < 1.29 is 9.90 Å². The van der Waals surface area contributed by atoms with Crippen LogP contribution in [0, 0.1) is 0 Å². The number of para-hydroxylation sites is 1. The Morgan fingerprint density at radius 3 is 2.76 bits per heavy atom. The van der Waals surface area contributed by atoms with Crippen LogP contribution in [0.3, 0.4) is 0 Å². The van der Waals surface area contributed by atoms with E-state index < -0.39 is 6.10 Å². The first-order valence-corrected chi connectivity index (χ1v) is 5.97. The molecule has 0 fully saturated rings. The standard InChI is InChI=1S/C13H20N2O2/c1-3-4-9-14-13(17)15-12-8-6-5-7-11(12)10(2)16/h5-8,10,16H,3-4,9H2,1-2H3,(H2,14,15,17). The third kappa shape index (κ3) is 4.44. The van der Waals surface area contributed by atoms with Crippen LogP contribution in [0.25, 0.3) is 0 Å². The summed E-state index contributed by atoms with van der Waals surface area (Å²) in [7, 11) is 0. The highest BCUT2D eigenvalue weighted by atomic mass is 16.3. The molecule has 0 aliphatic carbocycles. The molecule has 0 aliphatic rings. The molecule has 0 saturated carbocycles. The molecule has 1 aromatic rings. The van der Waals surface area contributed by atoms with Crippen molar-refractivity contribution in [2.45, 2.75) is 32.8 Å². The van der Waals surface area contributed by atoms with Crippen LogP contribution in [0.1, 0.15) is 38.4 Å². The second-order valence-electron chi connectivity index (χ2n) is 4.00. The summed E-state index contributed by atoms with van der Waals surface area (Å²) in [6.45, 7) is 4.41. The molecule has 0 spiro atoms. The fourth-order valence-electron chi connectivity index (χ4n) is 1.52. The minimum absolute atomic E-state index is 0.230. The van der Waals surface area contributed by atoms with Gasteiger partial charge in [0.2, 0.25) is 0 Å². The molecule has 3 N–H and O–H groups in total. The lowest BCUT2D eigenvalue weighted by Gasteiger charge is -2.13. The zero-order valence-corrected chi connectivity index (χ0v) is 10.4. The molecule has 0 heterocycles. The Hall–Kier alpha value is -1.55. The molecule has 1 rings (SSSR count). The van der Waals surface area contributed by atoms with Crippen molar-refractivity contribution in [3.8, 4) is 0 Å². The van der Waals surface area contributed by atoms with Gasteiger partial charge in [0.15, 0.2) is 0 Å². The summed E-state index contributed by atoms with van der Waals surface area (Å²) >= 11 is 0. The number of hydrogen-bond acceptors (Lipinski definition) is 2. The van der Waals surface area contributed by atoms with Gasteiger partial charge < -0.3 is 15.7 Å². The van der Waals surface area contributed by atoms with Gasteiger partial charge in [0.05, 0.1) is 6.10 Å². The quantitative estimate of drug-likeness (QED) is 0.688. The smallest absolute Gasteiger partial charge is 0.319 e. The summed E-state index contributed by atoms with van der Waals surface area (Å²) in [6, 6.07) is 7.01. The van der Waals surface area contributed by atoms with E-state index in [1.165, 1.54) is 0 Å². The predicted molar refractivity (Wildman–Crippen MR) is 69.0 cm³/mol. The summed E-state index contributed by atoms with van der Waals surface area (Å²) in [4.78, 5) is 11.6. The Kier molecular flexibility index (Phi) is 5.49. The Bertz CT molecular complexity index is 364. The lowest BCUT2D eigenvalue weighted by Crippen LogP contribution is -2.29. The van der Waals surface area contributed by atoms with Gasteiger partial charge in [-0.05, 0) is 19.4 Å². The molecule has 17 heavy (non-hydrogen) atoms. The van der Waals surface area contributed by atoms with Gasteiger partial charge in [0.25, 0.3) is 0 Å². The Morgan fingerprint density at radius 1 is 1.41 bits per heavy atom. The van der Waals surface area contributed by atoms with Crippen molar-refractivity contribution in [2.24, 2.45) is 0 Å². The third-order valence-corrected chi connectivity index (χ3v) is 2.47. The van der Waals surface area contributed by atoms with Crippen LogP contribution in [-0.4, -0.2) is 17.7 Å². The maximum Gasteiger partial charge on any atom is 0.319 e. The summed E-state index contributed by atoms with van der Waals surface area (Å²) in [5, 5.41) is 15.1. The second kappa shape index (κ2) is 6.91. The summed E-state index contributed by atoms with van der Waals surface area (Å²) in [6.07, 6.45) is 1.41. The van der Waals surface area contributed by atoms with Crippen molar-refractivity contribution in [1.29, 1.82) is 0 Å². The third-order valence-electron chi connectivity index (χ3n) is 2.47. The van der Waals surface area contributed by atoms with E-state index >= 15 is 0 Å². The minimum Gasteiger partial charge on any atom is -0.389 e. The first-order chi connectivity index (χ1) is 8.15. The van der Waals surface area contributed by atoms with Gasteiger partial charge in [0, 0.05) is 17.8 Å². The van der Waals surface area contributed by atoms with Crippen LogP contribution in [0.15, 0.2) is 24.3 Å². The molecule has 4 heteroatoms. The van der Waals surface area contributed by atoms with E-state index in [1.807, 2.05) is 12.1 Å². The number of rotatable bonds is 5. The van der Waals surface area contributed by atoms with Gasteiger partial charge in [-0.2, -0.15) is 0 Å². The number of carbonyl (C=O) groups excluding carboxylic acids is 1. The number of urea groups is 1. The van der Waals surface area contributed by atoms with Crippen LogP contribution in [0.2, 0.25) is 0 Å². The highest BCUT2D eigenvalue weighted by Gasteiger charge is 2.09. The van der Waals surface area contributed by atoms with E-state index in [2.05, 4.69) is 17.6 Å². The molecule has 1 unspecified atom stereocenters. The van der Waals surface area contributed by atoms with Crippen LogP contribution >= 0.6 is 0 Å². The number of unbranched alkanes of at least 4 members (excludes halogenated alkanes) is 1. The fourth-order valence-corrected chi connectivity index (χ4v) is 1.52. The van der Waals surface area contributed by atoms with Crippen molar-refractivity contribution in [3.63, 3.8) is 0 Å². The number of aliphatic hydroxyl groups is 1. The topological polar surface area (TPSA) is 61.4 Å². The summed E-state index contributed by atoms with van der Waals surface area (Å²) in [5.41, 5.74) is 1.37. The number of amides is 2. The van der Waals surface area contributed by atoms with E-state index in [9.17, 15) is 9.90 Å². The number of nitrogens with one attached hydrogen (secondary N) is 2. The SMILES string of the molecule is CCCCNC(=O)Nc1ccccc1C(C)O. The van der Waals surface area contributed by atoms with Gasteiger partial charge in [-0.15, -0.1) is 0 Å². The van der Waals surface area contributed by atoms with Gasteiger partial charge in [-0.1, -0.05) is 31.5 Å². The van der Waals surface area contributed by atoms with Crippen LogP contribution in [0.4, 0.5) is 10.5 Å². The van der Waals surface area contributed by atoms with Crippen molar-refractivity contribution in [3.05, 3.63) is 29.8 Å². The lowest BCUT2D eigenvalue weighted by molar-refractivity contribution is 0.200. The monoisotopic (exact) mass is 236 g/mol. The molecule has 94 valence electrons. The van der Waals surface area contributed by atoms with Crippen LogP contribution in [0.5, 0.6) is 0 Å². The lowest BCUT2D eigenvalue weighted by atomic mass is 10.1. The van der Waals surface area contributed by atoms with Gasteiger partial charge >= 0.3 is 6.03 Å². The molecule has 2 amide bonds. The first-order valence-electron chi connectivity index (χ1n) is 5.97. The maximum atomic E-state index is 11.6. The molecular weight excluding hydrogens is 216 g/mol. The van der Waals surface area contributed by atoms with Gasteiger partial charge in [-0.3, -0.25) is 0 Å². The Balaban J connectivity index is 2.58. The Morgan fingerprint density at radius 2 is 2.12 bits per heavy atom. The number of anilines is 1. The van der Waals surface area contributed by atoms with E-state index in [0.717, 1.165) is 18.4 Å². The van der Waals surface area contributed by atoms with E-state index in [0.29, 0.717) is 12.2 Å². The zero-order chi connectivity index (χ0) is 12.7. The molecular formula is C13H20N2O2. The molecule has 4 nitrogen and oxygen atoms in total. The predicted octanol–water partition coefficient (Wildman–Crippen LogP) is 2.66. The highest BCUT2D eigenvalue weighted by Crippen LogP contribution is 2.21. The zero-order valence-electron chi connectivity index (χ0n) is 10.4. The number of hydrogen-bond donors (Lipinski definition) is 3. The van der Waals surface area contributed by atoms with E-state index in [1.54, 1.807) is 19.1 Å². The average Bonchev–Trinajstić information content (AvgIpc) is 2.29. The Labute approximate surface area is 102 Å².